The lowest BCUT2D eigenvalue weighted by Crippen LogP contribution is -2.30. The van der Waals surface area contributed by atoms with Gasteiger partial charge in [0.2, 0.25) is 11.7 Å². The molecule has 146 valence electrons. The predicted octanol–water partition coefficient (Wildman–Crippen LogP) is 5.00. The molecule has 0 amide bonds. The summed E-state index contributed by atoms with van der Waals surface area (Å²) in [5, 5.41) is 5.02. The van der Waals surface area contributed by atoms with Gasteiger partial charge in [0.05, 0.1) is 18.7 Å². The number of ether oxygens (including phenoxy) is 1. The lowest BCUT2D eigenvalue weighted by atomic mass is 10.0. The van der Waals surface area contributed by atoms with Crippen LogP contribution in [0.2, 0.25) is 5.02 Å². The molecule has 1 atom stereocenters. The minimum atomic E-state index is 0.436. The Bertz CT molecular complexity index is 927. The topological polar surface area (TPSA) is 51.4 Å². The van der Waals surface area contributed by atoms with Gasteiger partial charge in [-0.2, -0.15) is 4.98 Å². The first-order chi connectivity index (χ1) is 13.7. The van der Waals surface area contributed by atoms with E-state index >= 15 is 0 Å². The van der Waals surface area contributed by atoms with E-state index in [1.165, 1.54) is 12.0 Å². The number of hydrogen-bond acceptors (Lipinski definition) is 5. The van der Waals surface area contributed by atoms with Gasteiger partial charge in [-0.3, -0.25) is 4.90 Å². The van der Waals surface area contributed by atoms with Crippen molar-refractivity contribution in [1.29, 1.82) is 0 Å². The molecule has 0 spiro atoms. The molecule has 4 rings (SSSR count). The largest absolute Gasteiger partial charge is 0.493 e. The van der Waals surface area contributed by atoms with Crippen LogP contribution in [-0.2, 0) is 13.0 Å². The van der Waals surface area contributed by atoms with Crippen molar-refractivity contribution in [3.05, 3.63) is 65.0 Å². The highest BCUT2D eigenvalue weighted by Gasteiger charge is 2.27. The molecule has 0 N–H and O–H groups in total. The first kappa shape index (κ1) is 19.0. The molecule has 1 aliphatic heterocycles. The van der Waals surface area contributed by atoms with E-state index in [1.54, 1.807) is 0 Å². The summed E-state index contributed by atoms with van der Waals surface area (Å²) >= 11 is 6.35. The maximum atomic E-state index is 6.35. The van der Waals surface area contributed by atoms with Crippen LogP contribution in [0.5, 0.6) is 5.75 Å². The molecule has 1 aliphatic rings. The molecular weight excluding hydrogens is 374 g/mol. The van der Waals surface area contributed by atoms with Gasteiger partial charge in [-0.15, -0.1) is 0 Å². The van der Waals surface area contributed by atoms with E-state index in [2.05, 4.69) is 21.1 Å². The monoisotopic (exact) mass is 397 g/mol. The van der Waals surface area contributed by atoms with Gasteiger partial charge in [0.15, 0.2) is 0 Å². The molecule has 0 bridgehead atoms. The minimum Gasteiger partial charge on any atom is -0.493 e. The summed E-state index contributed by atoms with van der Waals surface area (Å²) in [5.41, 5.74) is 2.05. The van der Waals surface area contributed by atoms with E-state index in [9.17, 15) is 0 Å². The number of para-hydroxylation sites is 1. The summed E-state index contributed by atoms with van der Waals surface area (Å²) in [6, 6.07) is 16.3. The van der Waals surface area contributed by atoms with Crippen molar-refractivity contribution in [2.24, 2.45) is 0 Å². The Hall–Kier alpha value is -2.37. The van der Waals surface area contributed by atoms with Crippen LogP contribution in [0.1, 0.15) is 31.2 Å². The molecular formula is C22H24ClN3O2. The third-order valence-corrected chi connectivity index (χ3v) is 5.52. The SMILES string of the molecule is CCOc1ccccc1-c1noc(CN2CCCC2Cc2ccccc2Cl)n1. The maximum Gasteiger partial charge on any atom is 0.241 e. The van der Waals surface area contributed by atoms with Crippen LogP contribution < -0.4 is 4.74 Å². The van der Waals surface area contributed by atoms with Crippen LogP contribution in [0, 0.1) is 0 Å². The van der Waals surface area contributed by atoms with Crippen molar-refractivity contribution in [3.63, 3.8) is 0 Å². The molecule has 1 aromatic heterocycles. The fourth-order valence-corrected chi connectivity index (χ4v) is 4.00. The molecule has 1 fully saturated rings. The summed E-state index contributed by atoms with van der Waals surface area (Å²) in [5.74, 6) is 1.98. The average Bonchev–Trinajstić information content (AvgIpc) is 3.35. The van der Waals surface area contributed by atoms with Gasteiger partial charge in [0.1, 0.15) is 5.75 Å². The molecule has 0 saturated carbocycles. The van der Waals surface area contributed by atoms with Crippen molar-refractivity contribution in [1.82, 2.24) is 15.0 Å². The number of benzene rings is 2. The summed E-state index contributed by atoms with van der Waals surface area (Å²) < 4.78 is 11.2. The Labute approximate surface area is 170 Å². The fraction of sp³-hybridized carbons (Fsp3) is 0.364. The molecule has 28 heavy (non-hydrogen) atoms. The van der Waals surface area contributed by atoms with Crippen molar-refractivity contribution >= 4 is 11.6 Å². The second kappa shape index (κ2) is 8.76. The minimum absolute atomic E-state index is 0.436. The van der Waals surface area contributed by atoms with Crippen LogP contribution in [0.25, 0.3) is 11.4 Å². The predicted molar refractivity (Wildman–Crippen MR) is 109 cm³/mol. The van der Waals surface area contributed by atoms with Gasteiger partial charge in [-0.1, -0.05) is 47.1 Å². The Kier molecular flexibility index (Phi) is 5.93. The zero-order chi connectivity index (χ0) is 19.3. The van der Waals surface area contributed by atoms with E-state index in [4.69, 9.17) is 20.9 Å². The Morgan fingerprint density at radius 3 is 2.86 bits per heavy atom. The van der Waals surface area contributed by atoms with Crippen LogP contribution in [0.4, 0.5) is 0 Å². The molecule has 1 saturated heterocycles. The summed E-state index contributed by atoms with van der Waals surface area (Å²) in [6.45, 7) is 4.24. The third-order valence-electron chi connectivity index (χ3n) is 5.15. The molecule has 6 heteroatoms. The second-order valence-corrected chi connectivity index (χ2v) is 7.41. The van der Waals surface area contributed by atoms with E-state index in [0.717, 1.165) is 35.7 Å². The van der Waals surface area contributed by atoms with Crippen LogP contribution in [-0.4, -0.2) is 34.2 Å². The van der Waals surface area contributed by atoms with Crippen LogP contribution in [0.15, 0.2) is 53.1 Å². The van der Waals surface area contributed by atoms with Crippen molar-refractivity contribution in [2.75, 3.05) is 13.2 Å². The first-order valence-corrected chi connectivity index (χ1v) is 10.1. The molecule has 3 aromatic rings. The average molecular weight is 398 g/mol. The smallest absolute Gasteiger partial charge is 0.241 e. The standard InChI is InChI=1S/C22H24ClN3O2/c1-2-27-20-12-6-4-10-18(20)22-24-21(28-25-22)15-26-13-7-9-17(26)14-16-8-3-5-11-19(16)23/h3-6,8,10-12,17H,2,7,9,13-15H2,1H3. The normalized spacial score (nSPS) is 17.1. The van der Waals surface area contributed by atoms with Crippen molar-refractivity contribution in [3.8, 4) is 17.1 Å². The van der Waals surface area contributed by atoms with Crippen molar-refractivity contribution in [2.45, 2.75) is 38.8 Å². The van der Waals surface area contributed by atoms with E-state index in [0.29, 0.717) is 30.9 Å². The fourth-order valence-electron chi connectivity index (χ4n) is 3.79. The molecule has 5 nitrogen and oxygen atoms in total. The third kappa shape index (κ3) is 4.21. The molecule has 0 aliphatic carbocycles. The number of nitrogens with zero attached hydrogens (tertiary/aromatic N) is 3. The van der Waals surface area contributed by atoms with Gasteiger partial charge >= 0.3 is 0 Å². The number of rotatable bonds is 7. The Balaban J connectivity index is 1.47. The first-order valence-electron chi connectivity index (χ1n) is 9.77. The number of hydrogen-bond donors (Lipinski definition) is 0. The quantitative estimate of drug-likeness (QED) is 0.561. The van der Waals surface area contributed by atoms with Gasteiger partial charge in [0, 0.05) is 11.1 Å². The second-order valence-electron chi connectivity index (χ2n) is 7.00. The van der Waals surface area contributed by atoms with E-state index in [-0.39, 0.29) is 0 Å². The lowest BCUT2D eigenvalue weighted by Gasteiger charge is -2.23. The summed E-state index contributed by atoms with van der Waals surface area (Å²) in [7, 11) is 0. The zero-order valence-electron chi connectivity index (χ0n) is 16.0. The summed E-state index contributed by atoms with van der Waals surface area (Å²) in [4.78, 5) is 7.03. The number of halogens is 1. The lowest BCUT2D eigenvalue weighted by molar-refractivity contribution is 0.210. The van der Waals surface area contributed by atoms with Crippen LogP contribution in [0.3, 0.4) is 0 Å². The van der Waals surface area contributed by atoms with E-state index < -0.39 is 0 Å². The molecule has 1 unspecified atom stereocenters. The number of likely N-dealkylation sites (tertiary alicyclic amines) is 1. The van der Waals surface area contributed by atoms with E-state index in [1.807, 2.05) is 49.4 Å². The highest BCUT2D eigenvalue weighted by atomic mass is 35.5. The molecule has 2 heterocycles. The Morgan fingerprint density at radius 2 is 2.00 bits per heavy atom. The number of aromatic nitrogens is 2. The van der Waals surface area contributed by atoms with Gasteiger partial charge in [-0.05, 0) is 56.5 Å². The van der Waals surface area contributed by atoms with Gasteiger partial charge in [0.25, 0.3) is 0 Å². The highest BCUT2D eigenvalue weighted by molar-refractivity contribution is 6.31. The van der Waals surface area contributed by atoms with Crippen molar-refractivity contribution < 1.29 is 9.26 Å². The van der Waals surface area contributed by atoms with Gasteiger partial charge in [-0.25, -0.2) is 0 Å². The molecule has 0 radical (unpaired) electrons. The van der Waals surface area contributed by atoms with Crippen LogP contribution >= 0.6 is 11.6 Å². The maximum absolute atomic E-state index is 6.35. The Morgan fingerprint density at radius 1 is 1.18 bits per heavy atom. The van der Waals surface area contributed by atoms with Gasteiger partial charge < -0.3 is 9.26 Å². The zero-order valence-corrected chi connectivity index (χ0v) is 16.7. The molecule has 2 aromatic carbocycles. The summed E-state index contributed by atoms with van der Waals surface area (Å²) in [6.07, 6.45) is 3.26. The highest BCUT2D eigenvalue weighted by Crippen LogP contribution is 2.29.